The molecule has 1 aliphatic rings. The summed E-state index contributed by atoms with van der Waals surface area (Å²) in [5.74, 6) is 0.882. The molecule has 0 unspecified atom stereocenters. The molecule has 1 saturated carbocycles. The van der Waals surface area contributed by atoms with Gasteiger partial charge < -0.3 is 10.2 Å². The van der Waals surface area contributed by atoms with E-state index in [9.17, 15) is 4.79 Å². The molecule has 1 fully saturated rings. The van der Waals surface area contributed by atoms with Crippen LogP contribution in [0.1, 0.15) is 19.3 Å². The zero-order valence-corrected chi connectivity index (χ0v) is 11.3. The third-order valence-electron chi connectivity index (χ3n) is 2.30. The second kappa shape index (κ2) is 7.73. The minimum atomic E-state index is -0.452. The molecule has 0 aromatic rings. The lowest BCUT2D eigenvalue weighted by molar-refractivity contribution is 0.107. The highest BCUT2D eigenvalue weighted by Gasteiger charge is 2.15. The Morgan fingerprint density at radius 2 is 2.25 bits per heavy atom. The standard InChI is InChI=1S/C10H18N2O2S2/c1-11-10(13)14-12-9(6-16-7-15-2)8-4-3-5-8/h12H,3-7H2,1-2H3,(H,11,13). The lowest BCUT2D eigenvalue weighted by atomic mass is 9.91. The van der Waals surface area contributed by atoms with Crippen molar-refractivity contribution in [1.29, 1.82) is 0 Å². The molecule has 2 N–H and O–H groups in total. The number of carbonyl (C=O) groups is 1. The Bertz CT molecular complexity index is 264. The third-order valence-corrected chi connectivity index (χ3v) is 4.40. The minimum Gasteiger partial charge on any atom is -0.325 e. The zero-order valence-electron chi connectivity index (χ0n) is 9.67. The summed E-state index contributed by atoms with van der Waals surface area (Å²) in [7, 11) is 1.54. The van der Waals surface area contributed by atoms with Crippen molar-refractivity contribution < 1.29 is 9.63 Å². The first-order valence-electron chi connectivity index (χ1n) is 5.20. The van der Waals surface area contributed by atoms with Crippen LogP contribution in [0.25, 0.3) is 0 Å². The molecule has 0 spiro atoms. The fourth-order valence-corrected chi connectivity index (χ4v) is 2.71. The van der Waals surface area contributed by atoms with Crippen molar-refractivity contribution in [2.24, 2.45) is 0 Å². The van der Waals surface area contributed by atoms with Crippen LogP contribution >= 0.6 is 23.5 Å². The van der Waals surface area contributed by atoms with Crippen LogP contribution in [0.2, 0.25) is 0 Å². The van der Waals surface area contributed by atoms with E-state index in [-0.39, 0.29) is 0 Å². The summed E-state index contributed by atoms with van der Waals surface area (Å²) in [6.45, 7) is 0. The van der Waals surface area contributed by atoms with Crippen LogP contribution in [0.3, 0.4) is 0 Å². The average Bonchev–Trinajstić information content (AvgIpc) is 2.22. The van der Waals surface area contributed by atoms with E-state index in [0.29, 0.717) is 0 Å². The molecule has 0 aromatic heterocycles. The highest BCUT2D eigenvalue weighted by molar-refractivity contribution is 8.15. The highest BCUT2D eigenvalue weighted by atomic mass is 32.2. The van der Waals surface area contributed by atoms with Gasteiger partial charge in [0, 0.05) is 17.9 Å². The molecule has 1 amide bonds. The van der Waals surface area contributed by atoms with Crippen molar-refractivity contribution in [3.05, 3.63) is 11.3 Å². The average molecular weight is 262 g/mol. The van der Waals surface area contributed by atoms with Gasteiger partial charge in [0.05, 0.1) is 5.70 Å². The lowest BCUT2D eigenvalue weighted by Crippen LogP contribution is -2.29. The molecule has 0 saturated heterocycles. The molecule has 16 heavy (non-hydrogen) atoms. The third kappa shape index (κ3) is 4.57. The van der Waals surface area contributed by atoms with Gasteiger partial charge in [-0.05, 0) is 31.1 Å². The summed E-state index contributed by atoms with van der Waals surface area (Å²) >= 11 is 3.63. The highest BCUT2D eigenvalue weighted by Crippen LogP contribution is 2.29. The lowest BCUT2D eigenvalue weighted by Gasteiger charge is -2.22. The molecule has 0 atom stereocenters. The number of hydrogen-bond acceptors (Lipinski definition) is 5. The second-order valence-corrected chi connectivity index (χ2v) is 5.65. The van der Waals surface area contributed by atoms with E-state index >= 15 is 0 Å². The molecule has 1 aliphatic carbocycles. The van der Waals surface area contributed by atoms with Gasteiger partial charge in [0.15, 0.2) is 0 Å². The van der Waals surface area contributed by atoms with E-state index in [1.54, 1.807) is 18.8 Å². The first kappa shape index (κ1) is 13.6. The summed E-state index contributed by atoms with van der Waals surface area (Å²) in [5.41, 5.74) is 5.22. The molecule has 0 aromatic carbocycles. The Morgan fingerprint density at radius 1 is 1.50 bits per heavy atom. The number of amides is 1. The fourth-order valence-electron chi connectivity index (χ4n) is 1.25. The number of thioether (sulfide) groups is 2. The molecular weight excluding hydrogens is 244 g/mol. The minimum absolute atomic E-state index is 0.452. The van der Waals surface area contributed by atoms with Crippen LogP contribution in [0.5, 0.6) is 0 Å². The van der Waals surface area contributed by atoms with Gasteiger partial charge in [-0.1, -0.05) is 0 Å². The van der Waals surface area contributed by atoms with Crippen LogP contribution in [0, 0.1) is 0 Å². The smallest absolute Gasteiger partial charge is 0.325 e. The summed E-state index contributed by atoms with van der Waals surface area (Å²) in [4.78, 5) is 15.8. The second-order valence-electron chi connectivity index (χ2n) is 3.43. The van der Waals surface area contributed by atoms with E-state index in [1.165, 1.54) is 12.0 Å². The van der Waals surface area contributed by atoms with Crippen molar-refractivity contribution >= 4 is 29.6 Å². The van der Waals surface area contributed by atoms with Crippen molar-refractivity contribution in [3.63, 3.8) is 0 Å². The van der Waals surface area contributed by atoms with Gasteiger partial charge in [-0.2, -0.15) is 11.8 Å². The number of hydroxylamine groups is 1. The number of carbonyl (C=O) groups excluding carboxylic acids is 1. The van der Waals surface area contributed by atoms with E-state index in [0.717, 1.165) is 29.4 Å². The van der Waals surface area contributed by atoms with E-state index in [1.807, 2.05) is 11.8 Å². The number of rotatable bonds is 6. The number of allylic oxidation sites excluding steroid dienone is 1. The molecular formula is C10H18N2O2S2. The quantitative estimate of drug-likeness (QED) is 0.437. The Kier molecular flexibility index (Phi) is 6.56. The van der Waals surface area contributed by atoms with Crippen LogP contribution < -0.4 is 10.8 Å². The summed E-state index contributed by atoms with van der Waals surface area (Å²) < 4.78 is 0. The largest absolute Gasteiger partial charge is 0.431 e. The normalized spacial score (nSPS) is 14.0. The van der Waals surface area contributed by atoms with Crippen LogP contribution in [0.4, 0.5) is 4.79 Å². The molecule has 6 heteroatoms. The Labute approximate surface area is 105 Å². The maximum Gasteiger partial charge on any atom is 0.431 e. The van der Waals surface area contributed by atoms with Gasteiger partial charge in [-0.15, -0.1) is 11.8 Å². The topological polar surface area (TPSA) is 50.4 Å². The van der Waals surface area contributed by atoms with Crippen molar-refractivity contribution in [2.45, 2.75) is 19.3 Å². The Hall–Kier alpha value is -0.490. The summed E-state index contributed by atoms with van der Waals surface area (Å²) in [5, 5.41) is 3.46. The van der Waals surface area contributed by atoms with Gasteiger partial charge in [0.2, 0.25) is 0 Å². The molecule has 92 valence electrons. The predicted molar refractivity (Wildman–Crippen MR) is 70.4 cm³/mol. The van der Waals surface area contributed by atoms with Gasteiger partial charge in [0.25, 0.3) is 0 Å². The van der Waals surface area contributed by atoms with E-state index in [2.05, 4.69) is 17.1 Å². The van der Waals surface area contributed by atoms with Gasteiger partial charge in [0.1, 0.15) is 0 Å². The van der Waals surface area contributed by atoms with Gasteiger partial charge in [-0.3, -0.25) is 0 Å². The van der Waals surface area contributed by atoms with E-state index in [4.69, 9.17) is 4.84 Å². The molecule has 0 bridgehead atoms. The van der Waals surface area contributed by atoms with E-state index < -0.39 is 6.09 Å². The van der Waals surface area contributed by atoms with Gasteiger partial charge >= 0.3 is 6.09 Å². The van der Waals surface area contributed by atoms with Crippen LogP contribution in [0.15, 0.2) is 11.3 Å². The molecule has 0 radical (unpaired) electrons. The number of nitrogens with one attached hydrogen (secondary N) is 2. The molecule has 0 aliphatic heterocycles. The molecule has 0 heterocycles. The summed E-state index contributed by atoms with van der Waals surface area (Å²) in [6, 6.07) is 0. The monoisotopic (exact) mass is 262 g/mol. The first-order valence-corrected chi connectivity index (χ1v) is 7.75. The van der Waals surface area contributed by atoms with Crippen LogP contribution in [-0.2, 0) is 4.84 Å². The first-order chi connectivity index (χ1) is 7.77. The molecule has 1 rings (SSSR count). The fraction of sp³-hybridized carbons (Fsp3) is 0.700. The predicted octanol–water partition coefficient (Wildman–Crippen LogP) is 2.34. The zero-order chi connectivity index (χ0) is 11.8. The molecule has 4 nitrogen and oxygen atoms in total. The van der Waals surface area contributed by atoms with Crippen molar-refractivity contribution in [1.82, 2.24) is 10.8 Å². The SMILES string of the molecule is CNC(=O)ONC(CSCSC)=C1CCC1. The van der Waals surface area contributed by atoms with Gasteiger partial charge in [-0.25, -0.2) is 10.3 Å². The maximum atomic E-state index is 10.9. The van der Waals surface area contributed by atoms with Crippen molar-refractivity contribution in [3.8, 4) is 0 Å². The summed E-state index contributed by atoms with van der Waals surface area (Å²) in [6.07, 6.45) is 5.12. The maximum absolute atomic E-state index is 10.9. The Morgan fingerprint density at radius 3 is 2.75 bits per heavy atom. The van der Waals surface area contributed by atoms with Crippen LogP contribution in [-0.4, -0.2) is 30.2 Å². The Balaban J connectivity index is 2.36. The van der Waals surface area contributed by atoms with Crippen molar-refractivity contribution in [2.75, 3.05) is 24.1 Å². The number of hydrogen-bond donors (Lipinski definition) is 2.